The van der Waals surface area contributed by atoms with E-state index >= 15 is 0 Å². The second-order valence-electron chi connectivity index (χ2n) is 5.73. The van der Waals surface area contributed by atoms with Gasteiger partial charge in [0.1, 0.15) is 11.7 Å². The number of carbonyl (C=O) groups is 2. The monoisotopic (exact) mass is 408 g/mol. The summed E-state index contributed by atoms with van der Waals surface area (Å²) in [5.41, 5.74) is 2.92. The highest BCUT2D eigenvalue weighted by Gasteiger charge is 2.45. The Balaban J connectivity index is 1.57. The number of halogens is 1. The number of anilines is 2. The molecule has 4 rings (SSSR count). The fourth-order valence-corrected chi connectivity index (χ4v) is 4.12. The maximum atomic E-state index is 12.7. The van der Waals surface area contributed by atoms with Crippen LogP contribution in [0.25, 0.3) is 0 Å². The second kappa shape index (κ2) is 6.92. The van der Waals surface area contributed by atoms with Gasteiger partial charge in [0.05, 0.1) is 29.4 Å². The molecule has 0 saturated carbocycles. The van der Waals surface area contributed by atoms with Crippen LogP contribution in [0.3, 0.4) is 0 Å². The minimum absolute atomic E-state index is 0.157. The smallest absolute Gasteiger partial charge is 0.275 e. The van der Waals surface area contributed by atoms with Crippen LogP contribution in [-0.2, 0) is 9.53 Å². The van der Waals surface area contributed by atoms with Crippen molar-refractivity contribution in [2.75, 3.05) is 30.0 Å². The highest BCUT2D eigenvalue weighted by Crippen LogP contribution is 2.34. The van der Waals surface area contributed by atoms with E-state index in [0.717, 1.165) is 0 Å². The van der Waals surface area contributed by atoms with Gasteiger partial charge < -0.3 is 15.0 Å². The molecule has 1 unspecified atom stereocenters. The molecule has 2 fully saturated rings. The molecular weight excluding hydrogens is 396 g/mol. The molecule has 7 nitrogen and oxygen atoms in total. The van der Waals surface area contributed by atoms with Crippen molar-refractivity contribution in [2.45, 2.75) is 6.04 Å². The minimum Gasteiger partial charge on any atom is -0.377 e. The van der Waals surface area contributed by atoms with Gasteiger partial charge in [0.2, 0.25) is 0 Å². The minimum atomic E-state index is -0.406. The Bertz CT molecular complexity index is 866. The number of hydrogen-bond donors (Lipinski definition) is 1. The molecule has 1 aromatic carbocycles. The Labute approximate surface area is 163 Å². The molecule has 0 spiro atoms. The maximum absolute atomic E-state index is 12.7. The van der Waals surface area contributed by atoms with Crippen molar-refractivity contribution in [1.29, 1.82) is 0 Å². The van der Waals surface area contributed by atoms with Crippen LogP contribution in [0.2, 0.25) is 5.02 Å². The number of thiocarbonyl (C=S) groups is 1. The molecule has 26 heavy (non-hydrogen) atoms. The van der Waals surface area contributed by atoms with Gasteiger partial charge >= 0.3 is 0 Å². The second-order valence-corrected chi connectivity index (χ2v) is 7.23. The Morgan fingerprint density at radius 2 is 2.31 bits per heavy atom. The number of fused-ring (bicyclic) bond motifs is 1. The molecule has 134 valence electrons. The van der Waals surface area contributed by atoms with Gasteiger partial charge in [0.15, 0.2) is 5.11 Å². The molecule has 2 amide bonds. The SMILES string of the molecule is O=C(Nc1ccc(N2C(=O)C3COCCN3C2=S)c(Cl)c1)c1cscn1. The van der Waals surface area contributed by atoms with Gasteiger partial charge in [-0.2, -0.15) is 0 Å². The van der Waals surface area contributed by atoms with Crippen molar-refractivity contribution in [1.82, 2.24) is 9.88 Å². The lowest BCUT2D eigenvalue weighted by molar-refractivity contribution is -0.123. The van der Waals surface area contributed by atoms with Crippen LogP contribution < -0.4 is 10.2 Å². The van der Waals surface area contributed by atoms with E-state index in [4.69, 9.17) is 28.6 Å². The van der Waals surface area contributed by atoms with Gasteiger partial charge in [-0.25, -0.2) is 4.98 Å². The molecule has 1 aromatic heterocycles. The summed E-state index contributed by atoms with van der Waals surface area (Å²) in [6, 6.07) is 4.53. The molecule has 2 aliphatic heterocycles. The van der Waals surface area contributed by atoms with E-state index in [-0.39, 0.29) is 11.8 Å². The summed E-state index contributed by atoms with van der Waals surface area (Å²) < 4.78 is 5.38. The van der Waals surface area contributed by atoms with Crippen LogP contribution in [0.15, 0.2) is 29.1 Å². The highest BCUT2D eigenvalue weighted by atomic mass is 35.5. The third-order valence-corrected chi connectivity index (χ3v) is 5.49. The molecule has 10 heteroatoms. The first-order chi connectivity index (χ1) is 12.6. The molecule has 2 aromatic rings. The number of rotatable bonds is 3. The van der Waals surface area contributed by atoms with E-state index in [9.17, 15) is 9.59 Å². The lowest BCUT2D eigenvalue weighted by atomic mass is 10.2. The van der Waals surface area contributed by atoms with Gasteiger partial charge in [-0.05, 0) is 30.4 Å². The number of nitrogens with one attached hydrogen (secondary N) is 1. The number of amides is 2. The van der Waals surface area contributed by atoms with E-state index in [1.54, 1.807) is 29.1 Å². The number of aromatic nitrogens is 1. The van der Waals surface area contributed by atoms with Crippen molar-refractivity contribution in [3.8, 4) is 0 Å². The average molecular weight is 409 g/mol. The molecule has 0 radical (unpaired) electrons. The topological polar surface area (TPSA) is 74.8 Å². The summed E-state index contributed by atoms with van der Waals surface area (Å²) >= 11 is 13.2. The molecule has 1 N–H and O–H groups in total. The fourth-order valence-electron chi connectivity index (χ4n) is 2.92. The maximum Gasteiger partial charge on any atom is 0.275 e. The number of nitrogens with zero attached hydrogens (tertiary/aromatic N) is 3. The zero-order valence-electron chi connectivity index (χ0n) is 13.3. The van der Waals surface area contributed by atoms with Gasteiger partial charge in [-0.1, -0.05) is 11.6 Å². The van der Waals surface area contributed by atoms with Crippen molar-refractivity contribution >= 4 is 63.5 Å². The van der Waals surface area contributed by atoms with Crippen molar-refractivity contribution in [3.63, 3.8) is 0 Å². The van der Waals surface area contributed by atoms with E-state index in [2.05, 4.69) is 10.3 Å². The van der Waals surface area contributed by atoms with Crippen LogP contribution in [0, 0.1) is 0 Å². The first-order valence-electron chi connectivity index (χ1n) is 7.77. The van der Waals surface area contributed by atoms with E-state index in [1.807, 2.05) is 4.90 Å². The van der Waals surface area contributed by atoms with Crippen molar-refractivity contribution in [3.05, 3.63) is 39.8 Å². The molecule has 0 aliphatic carbocycles. The molecule has 0 bridgehead atoms. The van der Waals surface area contributed by atoms with Crippen LogP contribution >= 0.6 is 35.2 Å². The number of benzene rings is 1. The highest BCUT2D eigenvalue weighted by molar-refractivity contribution is 7.80. The van der Waals surface area contributed by atoms with E-state index in [1.165, 1.54) is 16.2 Å². The van der Waals surface area contributed by atoms with Crippen molar-refractivity contribution < 1.29 is 14.3 Å². The van der Waals surface area contributed by atoms with Gasteiger partial charge in [-0.15, -0.1) is 11.3 Å². The Morgan fingerprint density at radius 1 is 1.46 bits per heavy atom. The Kier molecular flexibility index (Phi) is 4.62. The largest absolute Gasteiger partial charge is 0.377 e. The van der Waals surface area contributed by atoms with Crippen molar-refractivity contribution in [2.24, 2.45) is 0 Å². The Morgan fingerprint density at radius 3 is 3.00 bits per heavy atom. The van der Waals surface area contributed by atoms with Crippen LogP contribution in [0.4, 0.5) is 11.4 Å². The quantitative estimate of drug-likeness (QED) is 0.786. The number of hydrogen-bond acceptors (Lipinski definition) is 6. The van der Waals surface area contributed by atoms with Crippen LogP contribution in [0.5, 0.6) is 0 Å². The predicted octanol–water partition coefficient (Wildman–Crippen LogP) is 2.38. The number of morpholine rings is 1. The lowest BCUT2D eigenvalue weighted by Gasteiger charge is -2.28. The van der Waals surface area contributed by atoms with E-state index < -0.39 is 6.04 Å². The average Bonchev–Trinajstić information content (AvgIpc) is 3.25. The van der Waals surface area contributed by atoms with Crippen LogP contribution in [-0.4, -0.2) is 52.6 Å². The third-order valence-electron chi connectivity index (χ3n) is 4.18. The fraction of sp³-hybridized carbons (Fsp3) is 0.250. The first-order valence-corrected chi connectivity index (χ1v) is 9.50. The van der Waals surface area contributed by atoms with Gasteiger partial charge in [0, 0.05) is 17.6 Å². The van der Waals surface area contributed by atoms with Crippen LogP contribution in [0.1, 0.15) is 10.5 Å². The first kappa shape index (κ1) is 17.3. The molecule has 2 saturated heterocycles. The summed E-state index contributed by atoms with van der Waals surface area (Å²) in [7, 11) is 0. The summed E-state index contributed by atoms with van der Waals surface area (Å²) in [5.74, 6) is -0.479. The summed E-state index contributed by atoms with van der Waals surface area (Å²) in [4.78, 5) is 32.0. The number of carbonyl (C=O) groups excluding carboxylic acids is 2. The van der Waals surface area contributed by atoms with Gasteiger partial charge in [-0.3, -0.25) is 14.5 Å². The normalized spacial score (nSPS) is 19.7. The molecule has 3 heterocycles. The van der Waals surface area contributed by atoms with E-state index in [0.29, 0.717) is 47.0 Å². The molecular formula is C16H13ClN4O3S2. The predicted molar refractivity (Wildman–Crippen MR) is 103 cm³/mol. The standard InChI is InChI=1S/C16H13ClN4O3S2/c17-10-5-9(19-14(22)11-7-26-8-18-11)1-2-12(10)21-15(23)13-6-24-4-3-20(13)16(21)25/h1-2,5,7-8,13H,3-4,6H2,(H,19,22). The third kappa shape index (κ3) is 2.96. The molecule has 2 aliphatic rings. The number of ether oxygens (including phenoxy) is 1. The van der Waals surface area contributed by atoms with Gasteiger partial charge in [0.25, 0.3) is 11.8 Å². The Hall–Kier alpha value is -2.07. The zero-order chi connectivity index (χ0) is 18.3. The summed E-state index contributed by atoms with van der Waals surface area (Å²) in [5, 5.41) is 5.12. The number of thiazole rings is 1. The summed E-state index contributed by atoms with van der Waals surface area (Å²) in [6.45, 7) is 1.42. The zero-order valence-corrected chi connectivity index (χ0v) is 15.7. The summed E-state index contributed by atoms with van der Waals surface area (Å²) in [6.07, 6.45) is 0. The lowest BCUT2D eigenvalue weighted by Crippen LogP contribution is -2.44. The molecule has 1 atom stereocenters.